The third-order valence-electron chi connectivity index (χ3n) is 4.31. The van der Waals surface area contributed by atoms with Crippen molar-refractivity contribution >= 4 is 10.0 Å². The summed E-state index contributed by atoms with van der Waals surface area (Å²) in [6.07, 6.45) is 3.33. The van der Waals surface area contributed by atoms with Gasteiger partial charge in [0.15, 0.2) is 0 Å². The minimum atomic E-state index is -3.49. The molecule has 1 fully saturated rings. The summed E-state index contributed by atoms with van der Waals surface area (Å²) in [4.78, 5) is 0.235. The van der Waals surface area contributed by atoms with Gasteiger partial charge in [-0.3, -0.25) is 0 Å². The van der Waals surface area contributed by atoms with Gasteiger partial charge in [0, 0.05) is 6.54 Å². The van der Waals surface area contributed by atoms with Crippen LogP contribution in [0.4, 0.5) is 0 Å². The van der Waals surface area contributed by atoms with Gasteiger partial charge in [0.2, 0.25) is 10.0 Å². The van der Waals surface area contributed by atoms with Crippen molar-refractivity contribution in [2.24, 2.45) is 11.8 Å². The second-order valence-corrected chi connectivity index (χ2v) is 7.90. The predicted molar refractivity (Wildman–Crippen MR) is 83.4 cm³/mol. The third kappa shape index (κ3) is 4.28. The van der Waals surface area contributed by atoms with E-state index in [0.717, 1.165) is 12.8 Å². The lowest BCUT2D eigenvalue weighted by molar-refractivity contribution is 0.173. The smallest absolute Gasteiger partial charge is 0.240 e. The Morgan fingerprint density at radius 3 is 2.76 bits per heavy atom. The fraction of sp³-hybridized carbons (Fsp3) is 0.625. The normalized spacial score (nSPS) is 24.1. The molecule has 2 rings (SSSR count). The van der Waals surface area contributed by atoms with Crippen LogP contribution < -0.4 is 4.72 Å². The van der Waals surface area contributed by atoms with Crippen LogP contribution >= 0.6 is 0 Å². The number of aliphatic hydroxyl groups is 1. The van der Waals surface area contributed by atoms with Crippen LogP contribution in [0.2, 0.25) is 0 Å². The Labute approximate surface area is 127 Å². The number of sulfonamides is 1. The SMILES string of the molecule is CCC(O)c1cccc(S(=O)(=O)NCC2CCC(C)C2)c1. The lowest BCUT2D eigenvalue weighted by atomic mass is 10.1. The number of nitrogens with one attached hydrogen (secondary N) is 1. The summed E-state index contributed by atoms with van der Waals surface area (Å²) in [6, 6.07) is 6.57. The number of rotatable bonds is 6. The van der Waals surface area contributed by atoms with Crippen LogP contribution in [0.3, 0.4) is 0 Å². The first-order valence-electron chi connectivity index (χ1n) is 7.70. The molecule has 118 valence electrons. The lowest BCUT2D eigenvalue weighted by Crippen LogP contribution is -2.28. The monoisotopic (exact) mass is 311 g/mol. The van der Waals surface area contributed by atoms with Gasteiger partial charge in [-0.15, -0.1) is 0 Å². The molecule has 3 unspecified atom stereocenters. The Bertz CT molecular complexity index is 571. The van der Waals surface area contributed by atoms with Crippen LogP contribution in [-0.2, 0) is 10.0 Å². The molecule has 0 amide bonds. The van der Waals surface area contributed by atoms with Gasteiger partial charge in [0.1, 0.15) is 0 Å². The molecule has 0 aliphatic heterocycles. The fourth-order valence-electron chi connectivity index (χ4n) is 2.95. The van der Waals surface area contributed by atoms with Crippen molar-refractivity contribution in [2.75, 3.05) is 6.54 Å². The molecule has 21 heavy (non-hydrogen) atoms. The number of benzene rings is 1. The van der Waals surface area contributed by atoms with E-state index in [0.29, 0.717) is 30.4 Å². The van der Waals surface area contributed by atoms with Gasteiger partial charge in [-0.05, 0) is 48.8 Å². The summed E-state index contributed by atoms with van der Waals surface area (Å²) in [7, 11) is -3.49. The maximum Gasteiger partial charge on any atom is 0.240 e. The van der Waals surface area contributed by atoms with Crippen molar-refractivity contribution in [3.05, 3.63) is 29.8 Å². The first-order valence-corrected chi connectivity index (χ1v) is 9.18. The molecule has 5 heteroatoms. The van der Waals surface area contributed by atoms with Gasteiger partial charge in [0.25, 0.3) is 0 Å². The Morgan fingerprint density at radius 2 is 2.14 bits per heavy atom. The Balaban J connectivity index is 2.05. The van der Waals surface area contributed by atoms with E-state index in [9.17, 15) is 13.5 Å². The van der Waals surface area contributed by atoms with Gasteiger partial charge < -0.3 is 5.11 Å². The highest BCUT2D eigenvalue weighted by molar-refractivity contribution is 7.89. The van der Waals surface area contributed by atoms with Gasteiger partial charge in [-0.2, -0.15) is 0 Å². The van der Waals surface area contributed by atoms with E-state index in [1.165, 1.54) is 6.42 Å². The topological polar surface area (TPSA) is 66.4 Å². The molecule has 0 heterocycles. The van der Waals surface area contributed by atoms with E-state index in [1.807, 2.05) is 6.92 Å². The molecule has 0 spiro atoms. The van der Waals surface area contributed by atoms with Crippen LogP contribution in [0.25, 0.3) is 0 Å². The fourth-order valence-corrected chi connectivity index (χ4v) is 4.12. The van der Waals surface area contributed by atoms with Crippen molar-refractivity contribution < 1.29 is 13.5 Å². The Hall–Kier alpha value is -0.910. The zero-order chi connectivity index (χ0) is 15.5. The highest BCUT2D eigenvalue weighted by Crippen LogP contribution is 2.30. The molecule has 0 saturated heterocycles. The maximum absolute atomic E-state index is 12.3. The molecule has 1 saturated carbocycles. The summed E-state index contributed by atoms with van der Waals surface area (Å²) in [5.74, 6) is 1.14. The van der Waals surface area contributed by atoms with Crippen LogP contribution in [0, 0.1) is 11.8 Å². The molecule has 1 aliphatic carbocycles. The Kier molecular flexibility index (Phi) is 5.41. The first kappa shape index (κ1) is 16.5. The summed E-state index contributed by atoms with van der Waals surface area (Å²) in [5.41, 5.74) is 0.648. The summed E-state index contributed by atoms with van der Waals surface area (Å²) in [6.45, 7) is 4.59. The van der Waals surface area contributed by atoms with E-state index >= 15 is 0 Å². The zero-order valence-corrected chi connectivity index (χ0v) is 13.6. The molecule has 2 N–H and O–H groups in total. The number of hydrogen-bond acceptors (Lipinski definition) is 3. The minimum absolute atomic E-state index is 0.235. The summed E-state index contributed by atoms with van der Waals surface area (Å²) >= 11 is 0. The van der Waals surface area contributed by atoms with Gasteiger partial charge in [-0.25, -0.2) is 13.1 Å². The molecule has 4 nitrogen and oxygen atoms in total. The summed E-state index contributed by atoms with van der Waals surface area (Å²) in [5, 5.41) is 9.84. The molecule has 1 aromatic rings. The van der Waals surface area contributed by atoms with Crippen LogP contribution in [0.1, 0.15) is 51.2 Å². The average molecular weight is 311 g/mol. The van der Waals surface area contributed by atoms with Crippen LogP contribution in [0.5, 0.6) is 0 Å². The number of hydrogen-bond donors (Lipinski definition) is 2. The maximum atomic E-state index is 12.3. The van der Waals surface area contributed by atoms with E-state index in [-0.39, 0.29) is 4.90 Å². The standard InChI is InChI=1S/C16H25NO3S/c1-3-16(18)14-5-4-6-15(10-14)21(19,20)17-11-13-8-7-12(2)9-13/h4-6,10,12-13,16-18H,3,7-9,11H2,1-2H3. The molecule has 1 aliphatic rings. The predicted octanol–water partition coefficient (Wildman–Crippen LogP) is 2.84. The Morgan fingerprint density at radius 1 is 1.38 bits per heavy atom. The second-order valence-electron chi connectivity index (χ2n) is 6.13. The lowest BCUT2D eigenvalue weighted by Gasteiger charge is -2.13. The molecular formula is C16H25NO3S. The minimum Gasteiger partial charge on any atom is -0.388 e. The van der Waals surface area contributed by atoms with Crippen LogP contribution in [-0.4, -0.2) is 20.1 Å². The van der Waals surface area contributed by atoms with Crippen molar-refractivity contribution in [3.63, 3.8) is 0 Å². The zero-order valence-electron chi connectivity index (χ0n) is 12.7. The van der Waals surface area contributed by atoms with Gasteiger partial charge in [0.05, 0.1) is 11.0 Å². The van der Waals surface area contributed by atoms with E-state index < -0.39 is 16.1 Å². The van der Waals surface area contributed by atoms with Crippen LogP contribution in [0.15, 0.2) is 29.2 Å². The molecule has 0 bridgehead atoms. The average Bonchev–Trinajstić information content (AvgIpc) is 2.90. The summed E-state index contributed by atoms with van der Waals surface area (Å²) < 4.78 is 27.4. The van der Waals surface area contributed by atoms with Crippen molar-refractivity contribution in [1.82, 2.24) is 4.72 Å². The van der Waals surface area contributed by atoms with Gasteiger partial charge in [-0.1, -0.05) is 32.4 Å². The molecule has 0 radical (unpaired) electrons. The highest BCUT2D eigenvalue weighted by atomic mass is 32.2. The molecule has 1 aromatic carbocycles. The second kappa shape index (κ2) is 6.90. The molecule has 0 aromatic heterocycles. The van der Waals surface area contributed by atoms with E-state index in [1.54, 1.807) is 24.3 Å². The third-order valence-corrected chi connectivity index (χ3v) is 5.73. The van der Waals surface area contributed by atoms with Crippen molar-refractivity contribution in [2.45, 2.75) is 50.5 Å². The van der Waals surface area contributed by atoms with Crippen molar-refractivity contribution in [1.29, 1.82) is 0 Å². The number of aliphatic hydroxyl groups excluding tert-OH is 1. The highest BCUT2D eigenvalue weighted by Gasteiger charge is 2.23. The van der Waals surface area contributed by atoms with E-state index in [2.05, 4.69) is 11.6 Å². The van der Waals surface area contributed by atoms with Crippen molar-refractivity contribution in [3.8, 4) is 0 Å². The van der Waals surface area contributed by atoms with Gasteiger partial charge >= 0.3 is 0 Å². The first-order chi connectivity index (χ1) is 9.92. The molecule has 3 atom stereocenters. The quantitative estimate of drug-likeness (QED) is 0.849. The molecular weight excluding hydrogens is 286 g/mol. The largest absolute Gasteiger partial charge is 0.388 e. The van der Waals surface area contributed by atoms with E-state index in [4.69, 9.17) is 0 Å².